The van der Waals surface area contributed by atoms with Gasteiger partial charge in [-0.05, 0) is 12.8 Å². The van der Waals surface area contributed by atoms with Crippen LogP contribution in [-0.4, -0.2) is 37.9 Å². The highest BCUT2D eigenvalue weighted by atomic mass is 16.5. The maximum absolute atomic E-state index is 12.9. The number of hydrogen-bond acceptors (Lipinski definition) is 5. The molecule has 0 N–H and O–H groups in total. The quantitative estimate of drug-likeness (QED) is 0.404. The van der Waals surface area contributed by atoms with Crippen LogP contribution in [0.3, 0.4) is 0 Å². The van der Waals surface area contributed by atoms with Crippen LogP contribution >= 0.6 is 0 Å². The number of carbonyl (C=O) groups is 2. The highest BCUT2D eigenvalue weighted by Crippen LogP contribution is 2.70. The fraction of sp³-hybridized carbons (Fsp3) is 0.375. The molecule has 2 aromatic rings. The molecule has 2 aromatic carbocycles. The van der Waals surface area contributed by atoms with Crippen LogP contribution in [0.15, 0.2) is 65.7 Å². The van der Waals surface area contributed by atoms with E-state index in [1.54, 1.807) is 0 Å². The van der Waals surface area contributed by atoms with Crippen molar-refractivity contribution in [3.05, 3.63) is 71.8 Å². The Kier molecular flexibility index (Phi) is 5.87. The maximum atomic E-state index is 12.9. The van der Waals surface area contributed by atoms with Gasteiger partial charge in [-0.15, -0.1) is 0 Å². The van der Waals surface area contributed by atoms with Gasteiger partial charge in [0.25, 0.3) is 0 Å². The molecule has 1 atom stereocenters. The molecule has 1 fully saturated rings. The number of nitrogens with zero attached hydrogens (tertiary/aromatic N) is 1. The van der Waals surface area contributed by atoms with Crippen LogP contribution < -0.4 is 0 Å². The van der Waals surface area contributed by atoms with Crippen molar-refractivity contribution in [2.75, 3.05) is 14.2 Å². The topological polar surface area (TPSA) is 65.0 Å². The maximum Gasteiger partial charge on any atom is 0.326 e. The monoisotopic (exact) mass is 393 g/mol. The van der Waals surface area contributed by atoms with E-state index in [1.807, 2.05) is 74.5 Å². The SMILES string of the molecule is CCC1(CC)C(N=C(c2ccccc2)c2ccccc2)C1(C(=O)OC)C(=O)OC. The number of hydrogen-bond donors (Lipinski definition) is 0. The third-order valence-electron chi connectivity index (χ3n) is 6.26. The summed E-state index contributed by atoms with van der Waals surface area (Å²) >= 11 is 0. The van der Waals surface area contributed by atoms with Gasteiger partial charge in [-0.25, -0.2) is 0 Å². The molecule has 0 spiro atoms. The van der Waals surface area contributed by atoms with Gasteiger partial charge in [-0.1, -0.05) is 74.5 Å². The highest BCUT2D eigenvalue weighted by Gasteiger charge is 2.85. The number of ether oxygens (including phenoxy) is 2. The lowest BCUT2D eigenvalue weighted by molar-refractivity contribution is -0.164. The van der Waals surface area contributed by atoms with Crippen molar-refractivity contribution in [2.24, 2.45) is 15.8 Å². The lowest BCUT2D eigenvalue weighted by atomic mass is 9.88. The van der Waals surface area contributed by atoms with E-state index in [2.05, 4.69) is 0 Å². The summed E-state index contributed by atoms with van der Waals surface area (Å²) in [5.74, 6) is -1.16. The first-order chi connectivity index (χ1) is 14.0. The van der Waals surface area contributed by atoms with E-state index in [0.717, 1.165) is 16.8 Å². The average molecular weight is 393 g/mol. The summed E-state index contributed by atoms with van der Waals surface area (Å²) in [6, 6.07) is 19.0. The third-order valence-corrected chi connectivity index (χ3v) is 6.26. The minimum absolute atomic E-state index is 0.555. The standard InChI is InChI=1S/C24H27NO4/c1-5-23(6-2)20(24(23,21(26)28-3)22(27)29-4)25-19(17-13-9-7-10-14-17)18-15-11-8-12-16-18/h7-16,20H,5-6H2,1-4H3. The normalized spacial score (nSPS) is 18.4. The van der Waals surface area contributed by atoms with Gasteiger partial charge in [-0.3, -0.25) is 14.6 Å². The molecule has 0 radical (unpaired) electrons. The van der Waals surface area contributed by atoms with E-state index >= 15 is 0 Å². The fourth-order valence-electron chi connectivity index (χ4n) is 4.66. The van der Waals surface area contributed by atoms with Gasteiger partial charge in [0.2, 0.25) is 0 Å². The first-order valence-electron chi connectivity index (χ1n) is 9.88. The van der Waals surface area contributed by atoms with Gasteiger partial charge < -0.3 is 9.47 Å². The van der Waals surface area contributed by atoms with Crippen LogP contribution in [0.25, 0.3) is 0 Å². The molecule has 1 unspecified atom stereocenters. The van der Waals surface area contributed by atoms with Gasteiger partial charge in [0, 0.05) is 16.5 Å². The molecule has 5 heteroatoms. The Morgan fingerprint density at radius 1 is 0.828 bits per heavy atom. The summed E-state index contributed by atoms with van der Waals surface area (Å²) in [6.07, 6.45) is 1.22. The zero-order chi connectivity index (χ0) is 21.1. The summed E-state index contributed by atoms with van der Waals surface area (Å²) in [5.41, 5.74) is 0.541. The number of rotatable bonds is 7. The van der Waals surface area contributed by atoms with Gasteiger partial charge in [0.05, 0.1) is 26.0 Å². The molecular formula is C24H27NO4. The number of benzene rings is 2. The van der Waals surface area contributed by atoms with Crippen LogP contribution in [0.5, 0.6) is 0 Å². The summed E-state index contributed by atoms with van der Waals surface area (Å²) in [4.78, 5) is 30.8. The zero-order valence-corrected chi connectivity index (χ0v) is 17.3. The number of carbonyl (C=O) groups excluding carboxylic acids is 2. The molecule has 1 aliphatic rings. The van der Waals surface area contributed by atoms with Crippen molar-refractivity contribution in [2.45, 2.75) is 32.7 Å². The predicted molar refractivity (Wildman–Crippen MR) is 112 cm³/mol. The molecule has 0 heterocycles. The molecule has 0 amide bonds. The predicted octanol–water partition coefficient (Wildman–Crippen LogP) is 4.05. The van der Waals surface area contributed by atoms with Crippen molar-refractivity contribution < 1.29 is 19.1 Å². The Bertz CT molecular complexity index is 843. The highest BCUT2D eigenvalue weighted by molar-refractivity contribution is 6.14. The second kappa shape index (κ2) is 8.19. The second-order valence-electron chi connectivity index (χ2n) is 7.27. The van der Waals surface area contributed by atoms with Gasteiger partial charge in [-0.2, -0.15) is 0 Å². The Morgan fingerprint density at radius 2 is 1.24 bits per heavy atom. The zero-order valence-electron chi connectivity index (χ0n) is 17.3. The largest absolute Gasteiger partial charge is 0.468 e. The Hall–Kier alpha value is -2.95. The summed E-state index contributed by atoms with van der Waals surface area (Å²) in [6.45, 7) is 3.95. The Balaban J connectivity index is 2.22. The molecule has 152 valence electrons. The fourth-order valence-corrected chi connectivity index (χ4v) is 4.66. The van der Waals surface area contributed by atoms with Gasteiger partial charge in [0.15, 0.2) is 5.41 Å². The van der Waals surface area contributed by atoms with Crippen molar-refractivity contribution in [3.63, 3.8) is 0 Å². The number of aliphatic imine (C=N–C) groups is 1. The van der Waals surface area contributed by atoms with E-state index in [-0.39, 0.29) is 0 Å². The van der Waals surface area contributed by atoms with Gasteiger partial charge >= 0.3 is 11.9 Å². The molecule has 29 heavy (non-hydrogen) atoms. The molecule has 0 aliphatic heterocycles. The van der Waals surface area contributed by atoms with Crippen molar-refractivity contribution >= 4 is 17.7 Å². The van der Waals surface area contributed by atoms with Crippen LogP contribution in [0.2, 0.25) is 0 Å². The molecule has 5 nitrogen and oxygen atoms in total. The number of esters is 2. The lowest BCUT2D eigenvalue weighted by Crippen LogP contribution is -2.35. The Morgan fingerprint density at radius 3 is 1.59 bits per heavy atom. The number of methoxy groups -OCH3 is 2. The molecule has 0 bridgehead atoms. The smallest absolute Gasteiger partial charge is 0.326 e. The van der Waals surface area contributed by atoms with Crippen molar-refractivity contribution in [1.82, 2.24) is 0 Å². The lowest BCUT2D eigenvalue weighted by Gasteiger charge is -2.18. The first kappa shape index (κ1) is 20.8. The minimum Gasteiger partial charge on any atom is -0.468 e. The van der Waals surface area contributed by atoms with Crippen LogP contribution in [0, 0.1) is 10.8 Å². The van der Waals surface area contributed by atoms with E-state index in [1.165, 1.54) is 14.2 Å². The second-order valence-corrected chi connectivity index (χ2v) is 7.27. The summed E-state index contributed by atoms with van der Waals surface area (Å²) in [5, 5.41) is 0. The Labute approximate surface area is 171 Å². The van der Waals surface area contributed by atoms with Crippen LogP contribution in [0.1, 0.15) is 37.8 Å². The van der Waals surface area contributed by atoms with E-state index in [0.29, 0.717) is 12.8 Å². The van der Waals surface area contributed by atoms with E-state index in [9.17, 15) is 9.59 Å². The molecule has 0 saturated heterocycles. The van der Waals surface area contributed by atoms with Gasteiger partial charge in [0.1, 0.15) is 0 Å². The van der Waals surface area contributed by atoms with Crippen molar-refractivity contribution in [3.8, 4) is 0 Å². The molecule has 3 rings (SSSR count). The van der Waals surface area contributed by atoms with Crippen LogP contribution in [-0.2, 0) is 19.1 Å². The molecule has 1 aliphatic carbocycles. The summed E-state index contributed by atoms with van der Waals surface area (Å²) < 4.78 is 10.1. The van der Waals surface area contributed by atoms with Crippen molar-refractivity contribution in [1.29, 1.82) is 0 Å². The van der Waals surface area contributed by atoms with Crippen LogP contribution in [0.4, 0.5) is 0 Å². The molecular weight excluding hydrogens is 366 g/mol. The summed E-state index contributed by atoms with van der Waals surface area (Å²) in [7, 11) is 2.61. The third kappa shape index (κ3) is 3.05. The minimum atomic E-state index is -1.42. The van der Waals surface area contributed by atoms with E-state index < -0.39 is 28.8 Å². The molecule has 0 aromatic heterocycles. The molecule has 1 saturated carbocycles. The van der Waals surface area contributed by atoms with E-state index in [4.69, 9.17) is 14.5 Å². The average Bonchev–Trinajstić information content (AvgIpc) is 3.39. The first-order valence-corrected chi connectivity index (χ1v) is 9.88.